The van der Waals surface area contributed by atoms with Gasteiger partial charge in [0, 0.05) is 6.54 Å². The maximum atomic E-state index is 11.1. The summed E-state index contributed by atoms with van der Waals surface area (Å²) in [6.07, 6.45) is 0.256. The van der Waals surface area contributed by atoms with Crippen LogP contribution in [-0.2, 0) is 66.4 Å². The zero-order valence-electron chi connectivity index (χ0n) is 28.8. The molecule has 0 aromatic carbocycles. The largest absolute Gasteiger partial charge is 0.466 e. The minimum absolute atomic E-state index is 0.251. The third-order valence-electron chi connectivity index (χ3n) is 5.53. The summed E-state index contributed by atoms with van der Waals surface area (Å²) in [5.74, 6) is -0.251. The van der Waals surface area contributed by atoms with E-state index in [2.05, 4.69) is 4.90 Å². The molecule has 0 saturated heterocycles. The summed E-state index contributed by atoms with van der Waals surface area (Å²) in [4.78, 5) is 13.2. The van der Waals surface area contributed by atoms with Gasteiger partial charge in [0.2, 0.25) is 0 Å². The number of nitrogens with zero attached hydrogens (tertiary/aromatic N) is 1. The normalized spacial score (nSPS) is 11.6. The number of rotatable bonds is 40. The van der Waals surface area contributed by atoms with Gasteiger partial charge in [-0.1, -0.05) is 0 Å². The minimum Gasteiger partial charge on any atom is -0.466 e. The Kier molecular flexibility index (Phi) is 39.2. The summed E-state index contributed by atoms with van der Waals surface area (Å²) in [6.45, 7) is 15.3. The van der Waals surface area contributed by atoms with Crippen LogP contribution < -0.4 is 0 Å². The van der Waals surface area contributed by atoms with Crippen molar-refractivity contribution in [2.45, 2.75) is 13.3 Å². The van der Waals surface area contributed by atoms with Crippen LogP contribution in [-0.4, -0.2) is 197 Å². The highest BCUT2D eigenvalue weighted by atomic mass is 16.6. The molecule has 0 atom stereocenters. The highest BCUT2D eigenvalue weighted by Gasteiger charge is 2.01. The number of hydrogen-bond donors (Lipinski definition) is 0. The lowest BCUT2D eigenvalue weighted by Crippen LogP contribution is -2.19. The van der Waals surface area contributed by atoms with E-state index in [1.54, 1.807) is 6.92 Å². The lowest BCUT2D eigenvalue weighted by Gasteiger charge is -2.10. The molecule has 0 heterocycles. The van der Waals surface area contributed by atoms with Crippen LogP contribution in [0, 0.1) is 0 Å². The molecular formula is C31H63NO14. The summed E-state index contributed by atoms with van der Waals surface area (Å²) in [6, 6.07) is 0. The van der Waals surface area contributed by atoms with Gasteiger partial charge in [0.05, 0.1) is 172 Å². The van der Waals surface area contributed by atoms with E-state index in [1.165, 1.54) is 0 Å². The summed E-state index contributed by atoms with van der Waals surface area (Å²) in [7, 11) is 4.04. The van der Waals surface area contributed by atoms with Crippen molar-refractivity contribution in [1.82, 2.24) is 4.90 Å². The predicted octanol–water partition coefficient (Wildman–Crippen LogP) is 0.700. The molecule has 15 heteroatoms. The second-order valence-corrected chi connectivity index (χ2v) is 9.71. The fourth-order valence-corrected chi connectivity index (χ4v) is 3.16. The van der Waals surface area contributed by atoms with Gasteiger partial charge in [0.25, 0.3) is 0 Å². The highest BCUT2D eigenvalue weighted by molar-refractivity contribution is 5.69. The zero-order valence-corrected chi connectivity index (χ0v) is 28.8. The van der Waals surface area contributed by atoms with Gasteiger partial charge < -0.3 is 66.5 Å². The third-order valence-corrected chi connectivity index (χ3v) is 5.53. The van der Waals surface area contributed by atoms with E-state index in [0.717, 1.165) is 6.54 Å². The summed E-state index contributed by atoms with van der Waals surface area (Å²) in [5, 5.41) is 0. The van der Waals surface area contributed by atoms with Crippen LogP contribution in [0.3, 0.4) is 0 Å². The molecule has 0 bridgehead atoms. The Balaban J connectivity index is 3.06. The summed E-state index contributed by atoms with van der Waals surface area (Å²) in [5.41, 5.74) is 0. The first kappa shape index (κ1) is 45.0. The van der Waals surface area contributed by atoms with E-state index >= 15 is 0 Å². The van der Waals surface area contributed by atoms with Crippen molar-refractivity contribution in [2.75, 3.05) is 186 Å². The minimum atomic E-state index is -0.251. The number of ether oxygens (including phenoxy) is 13. The monoisotopic (exact) mass is 673 g/mol. The van der Waals surface area contributed by atoms with Crippen LogP contribution in [0.15, 0.2) is 0 Å². The average molecular weight is 674 g/mol. The third kappa shape index (κ3) is 41.0. The van der Waals surface area contributed by atoms with Crippen LogP contribution in [0.5, 0.6) is 0 Å². The second kappa shape index (κ2) is 40.1. The average Bonchev–Trinajstić information content (AvgIpc) is 3.04. The molecule has 0 unspecified atom stereocenters. The Labute approximate surface area is 276 Å². The number of hydrogen-bond acceptors (Lipinski definition) is 15. The van der Waals surface area contributed by atoms with Gasteiger partial charge in [-0.25, -0.2) is 0 Å². The van der Waals surface area contributed by atoms with E-state index < -0.39 is 0 Å². The molecule has 0 aromatic heterocycles. The summed E-state index contributed by atoms with van der Waals surface area (Å²) >= 11 is 0. The molecule has 0 saturated carbocycles. The van der Waals surface area contributed by atoms with Crippen molar-refractivity contribution in [3.05, 3.63) is 0 Å². The Morgan fingerprint density at radius 2 is 0.587 bits per heavy atom. The molecule has 0 aromatic rings. The topological polar surface area (TPSA) is 140 Å². The molecule has 0 spiro atoms. The van der Waals surface area contributed by atoms with Crippen molar-refractivity contribution in [2.24, 2.45) is 0 Å². The fourth-order valence-electron chi connectivity index (χ4n) is 3.16. The van der Waals surface area contributed by atoms with Gasteiger partial charge in [0.1, 0.15) is 0 Å². The van der Waals surface area contributed by atoms with Crippen molar-refractivity contribution < 1.29 is 66.4 Å². The molecule has 0 radical (unpaired) electrons. The number of esters is 1. The van der Waals surface area contributed by atoms with Gasteiger partial charge in [0.15, 0.2) is 0 Å². The maximum Gasteiger partial charge on any atom is 0.308 e. The number of likely N-dealkylation sites (N-methyl/N-ethyl adjacent to an activating group) is 1. The quantitative estimate of drug-likeness (QED) is 0.0665. The van der Waals surface area contributed by atoms with E-state index in [4.69, 9.17) is 61.6 Å². The van der Waals surface area contributed by atoms with Crippen LogP contribution >= 0.6 is 0 Å². The standard InChI is InChI=1S/C31H63NO14/c1-4-46-31(33)5-7-34-9-11-36-13-15-38-17-19-40-21-23-42-25-27-44-29-30-45-28-26-43-24-22-41-20-18-39-16-14-37-12-10-35-8-6-32(2)3/h4-30H2,1-3H3. The lowest BCUT2D eigenvalue weighted by atomic mass is 10.5. The molecule has 0 rings (SSSR count). The molecule has 15 nitrogen and oxygen atoms in total. The summed E-state index contributed by atoms with van der Waals surface area (Å²) < 4.78 is 70.1. The Bertz CT molecular complexity index is 591. The molecule has 276 valence electrons. The predicted molar refractivity (Wildman–Crippen MR) is 170 cm³/mol. The van der Waals surface area contributed by atoms with Gasteiger partial charge in [-0.3, -0.25) is 4.79 Å². The molecule has 0 aliphatic carbocycles. The van der Waals surface area contributed by atoms with E-state index in [1.807, 2.05) is 14.1 Å². The molecule has 0 fully saturated rings. The molecule has 0 aliphatic heterocycles. The van der Waals surface area contributed by atoms with Gasteiger partial charge in [-0.2, -0.15) is 0 Å². The first-order valence-electron chi connectivity index (χ1n) is 16.4. The molecule has 0 amide bonds. The van der Waals surface area contributed by atoms with Crippen LogP contribution in [0.2, 0.25) is 0 Å². The first-order chi connectivity index (χ1) is 22.7. The SMILES string of the molecule is CCOC(=O)CCOCCOCCOCCOCCOCCOCCOCCOCCOCCOCCOCCOCCN(C)C. The van der Waals surface area contributed by atoms with Crippen molar-refractivity contribution in [3.63, 3.8) is 0 Å². The van der Waals surface area contributed by atoms with Gasteiger partial charge in [-0.15, -0.1) is 0 Å². The molecule has 46 heavy (non-hydrogen) atoms. The van der Waals surface area contributed by atoms with Crippen LogP contribution in [0.4, 0.5) is 0 Å². The first-order valence-corrected chi connectivity index (χ1v) is 16.4. The van der Waals surface area contributed by atoms with E-state index in [9.17, 15) is 4.79 Å². The second-order valence-electron chi connectivity index (χ2n) is 9.71. The lowest BCUT2D eigenvalue weighted by molar-refractivity contribution is -0.144. The number of carbonyl (C=O) groups excluding carboxylic acids is 1. The molecule has 0 aliphatic rings. The van der Waals surface area contributed by atoms with Gasteiger partial charge in [-0.05, 0) is 21.0 Å². The smallest absolute Gasteiger partial charge is 0.308 e. The van der Waals surface area contributed by atoms with Crippen LogP contribution in [0.1, 0.15) is 13.3 Å². The fraction of sp³-hybridized carbons (Fsp3) is 0.968. The van der Waals surface area contributed by atoms with Crippen molar-refractivity contribution in [3.8, 4) is 0 Å². The Hall–Kier alpha value is -1.05. The van der Waals surface area contributed by atoms with E-state index in [0.29, 0.717) is 165 Å². The molecular weight excluding hydrogens is 610 g/mol. The van der Waals surface area contributed by atoms with Crippen molar-refractivity contribution in [1.29, 1.82) is 0 Å². The van der Waals surface area contributed by atoms with Crippen molar-refractivity contribution >= 4 is 5.97 Å². The number of carbonyl (C=O) groups is 1. The highest BCUT2D eigenvalue weighted by Crippen LogP contribution is 1.90. The van der Waals surface area contributed by atoms with Crippen LogP contribution in [0.25, 0.3) is 0 Å². The van der Waals surface area contributed by atoms with E-state index in [-0.39, 0.29) is 12.4 Å². The maximum absolute atomic E-state index is 11.1. The Morgan fingerprint density at radius 1 is 0.370 bits per heavy atom. The van der Waals surface area contributed by atoms with Gasteiger partial charge >= 0.3 is 5.97 Å². The zero-order chi connectivity index (χ0) is 33.4. The Morgan fingerprint density at radius 3 is 0.804 bits per heavy atom. The molecule has 0 N–H and O–H groups in total.